The van der Waals surface area contributed by atoms with Gasteiger partial charge in [-0.05, 0) is 37.6 Å². The molecule has 0 amide bonds. The maximum Gasteiger partial charge on any atom is 0.182 e. The van der Waals surface area contributed by atoms with Crippen molar-refractivity contribution < 1.29 is 9.50 Å². The fourth-order valence-electron chi connectivity index (χ4n) is 4.21. The van der Waals surface area contributed by atoms with E-state index in [1.165, 1.54) is 12.1 Å². The molecule has 1 aromatic carbocycles. The van der Waals surface area contributed by atoms with Crippen LogP contribution in [0.1, 0.15) is 17.7 Å². The third kappa shape index (κ3) is 3.21. The van der Waals surface area contributed by atoms with Crippen molar-refractivity contribution in [2.75, 3.05) is 18.0 Å². The highest BCUT2D eigenvalue weighted by Crippen LogP contribution is 2.38. The van der Waals surface area contributed by atoms with Gasteiger partial charge in [0.2, 0.25) is 0 Å². The third-order valence-corrected chi connectivity index (χ3v) is 5.79. The first-order valence-electron chi connectivity index (χ1n) is 10.2. The molecule has 4 aromatic rings. The molecule has 0 aliphatic carbocycles. The van der Waals surface area contributed by atoms with Crippen molar-refractivity contribution >= 4 is 16.9 Å². The van der Waals surface area contributed by atoms with Crippen LogP contribution in [0.3, 0.4) is 0 Å². The Morgan fingerprint density at radius 2 is 2.16 bits per heavy atom. The van der Waals surface area contributed by atoms with Gasteiger partial charge in [0.1, 0.15) is 23.5 Å². The molecule has 0 spiro atoms. The number of nitrogens with one attached hydrogen (secondary N) is 1. The van der Waals surface area contributed by atoms with Gasteiger partial charge < -0.3 is 15.7 Å². The lowest BCUT2D eigenvalue weighted by Gasteiger charge is -2.17. The molecule has 9 heteroatoms. The van der Waals surface area contributed by atoms with Crippen LogP contribution in [-0.2, 0) is 0 Å². The third-order valence-electron chi connectivity index (χ3n) is 5.79. The van der Waals surface area contributed by atoms with Crippen molar-refractivity contribution in [3.8, 4) is 34.2 Å². The largest absolute Gasteiger partial charge is 0.508 e. The summed E-state index contributed by atoms with van der Waals surface area (Å²) in [5.74, 6) is -0.0623. The highest BCUT2D eigenvalue weighted by atomic mass is 19.1. The number of nitriles is 1. The molecule has 1 fully saturated rings. The summed E-state index contributed by atoms with van der Waals surface area (Å²) in [7, 11) is 0. The number of fused-ring (bicyclic) bond motifs is 1. The summed E-state index contributed by atoms with van der Waals surface area (Å²) in [6.45, 7) is 3.44. The van der Waals surface area contributed by atoms with Crippen LogP contribution in [0.4, 0.5) is 10.2 Å². The molecule has 1 atom stereocenters. The van der Waals surface area contributed by atoms with Gasteiger partial charge in [0.05, 0.1) is 16.6 Å². The Balaban J connectivity index is 1.71. The maximum atomic E-state index is 14.7. The lowest BCUT2D eigenvalue weighted by molar-refractivity contribution is 0.469. The molecule has 160 valence electrons. The van der Waals surface area contributed by atoms with E-state index >= 15 is 0 Å². The zero-order chi connectivity index (χ0) is 22.4. The molecule has 3 aromatic heterocycles. The lowest BCUT2D eigenvalue weighted by atomic mass is 9.94. The molecule has 4 heterocycles. The summed E-state index contributed by atoms with van der Waals surface area (Å²) in [6.07, 6.45) is 2.63. The number of rotatable bonds is 3. The number of nitrogens with zero attached hydrogens (tertiary/aromatic N) is 5. The smallest absolute Gasteiger partial charge is 0.182 e. The van der Waals surface area contributed by atoms with Crippen LogP contribution in [0, 0.1) is 24.1 Å². The normalized spacial score (nSPS) is 15.9. The molecule has 1 aliphatic heterocycles. The van der Waals surface area contributed by atoms with Crippen LogP contribution in [0.5, 0.6) is 5.75 Å². The first-order valence-corrected chi connectivity index (χ1v) is 10.2. The van der Waals surface area contributed by atoms with Crippen molar-refractivity contribution in [3.05, 3.63) is 53.6 Å². The molecule has 0 saturated carbocycles. The summed E-state index contributed by atoms with van der Waals surface area (Å²) < 4.78 is 14.7. The minimum Gasteiger partial charge on any atom is -0.508 e. The van der Waals surface area contributed by atoms with Crippen LogP contribution < -0.4 is 10.6 Å². The number of phenolic OH excluding ortho intramolecular Hbond substituents is 1. The van der Waals surface area contributed by atoms with Gasteiger partial charge in [0, 0.05) is 53.8 Å². The molecule has 0 unspecified atom stereocenters. The highest BCUT2D eigenvalue weighted by molar-refractivity contribution is 6.00. The SMILES string of the molecule is Cc1[nH]nc2nc(-c3ccc(O)cc3F)c(C#N)c(-c3ccc(N4CC[C@@H](N)C4)nc3)c12. The van der Waals surface area contributed by atoms with Gasteiger partial charge in [0.15, 0.2) is 5.65 Å². The van der Waals surface area contributed by atoms with Gasteiger partial charge in [0.25, 0.3) is 0 Å². The number of aromatic amines is 1. The average molecular weight is 429 g/mol. The monoisotopic (exact) mass is 429 g/mol. The Bertz CT molecular complexity index is 1370. The van der Waals surface area contributed by atoms with Crippen molar-refractivity contribution in [2.24, 2.45) is 5.73 Å². The Morgan fingerprint density at radius 3 is 2.81 bits per heavy atom. The molecule has 4 N–H and O–H groups in total. The second-order valence-corrected chi connectivity index (χ2v) is 7.93. The van der Waals surface area contributed by atoms with Gasteiger partial charge in [-0.25, -0.2) is 14.4 Å². The molecule has 0 radical (unpaired) electrons. The van der Waals surface area contributed by atoms with Crippen LogP contribution >= 0.6 is 0 Å². The Labute approximate surface area is 183 Å². The number of H-pyrrole nitrogens is 1. The van der Waals surface area contributed by atoms with Crippen molar-refractivity contribution in [1.29, 1.82) is 5.26 Å². The molecule has 32 heavy (non-hydrogen) atoms. The van der Waals surface area contributed by atoms with Crippen LogP contribution in [0.15, 0.2) is 36.5 Å². The standard InChI is InChI=1S/C23H20FN7O/c1-12-20-21(13-2-5-19(27-10-13)31-7-6-14(26)11-31)17(9-25)22(28-23(20)30-29-12)16-4-3-15(32)8-18(16)24/h2-5,8,10,14,32H,6-7,11,26H2,1H3,(H,28,29,30)/t14-/m1/s1. The zero-order valence-corrected chi connectivity index (χ0v) is 17.3. The van der Waals surface area contributed by atoms with E-state index in [0.29, 0.717) is 22.2 Å². The molecule has 1 saturated heterocycles. The molecule has 5 rings (SSSR count). The highest BCUT2D eigenvalue weighted by Gasteiger charge is 2.24. The minimum absolute atomic E-state index is 0.110. The molecule has 8 nitrogen and oxygen atoms in total. The summed E-state index contributed by atoms with van der Waals surface area (Å²) in [5, 5.41) is 27.5. The predicted molar refractivity (Wildman–Crippen MR) is 118 cm³/mol. The van der Waals surface area contributed by atoms with E-state index in [0.717, 1.165) is 37.1 Å². The number of nitrogens with two attached hydrogens (primary N) is 1. The predicted octanol–water partition coefficient (Wildman–Crippen LogP) is 3.25. The Kier molecular flexibility index (Phi) is 4.72. The van der Waals surface area contributed by atoms with Crippen LogP contribution in [0.25, 0.3) is 33.4 Å². The quantitative estimate of drug-likeness (QED) is 0.456. The fourth-order valence-corrected chi connectivity index (χ4v) is 4.21. The van der Waals surface area contributed by atoms with Gasteiger partial charge in [-0.1, -0.05) is 0 Å². The summed E-state index contributed by atoms with van der Waals surface area (Å²) in [4.78, 5) is 11.2. The van der Waals surface area contributed by atoms with E-state index in [1.54, 1.807) is 6.20 Å². The Hall–Kier alpha value is -4.03. The summed E-state index contributed by atoms with van der Waals surface area (Å²) in [6, 6.07) is 9.89. The Morgan fingerprint density at radius 1 is 1.31 bits per heavy atom. The van der Waals surface area contributed by atoms with E-state index in [-0.39, 0.29) is 28.6 Å². The van der Waals surface area contributed by atoms with Gasteiger partial charge in [-0.2, -0.15) is 10.4 Å². The van der Waals surface area contributed by atoms with Gasteiger partial charge in [-0.15, -0.1) is 0 Å². The summed E-state index contributed by atoms with van der Waals surface area (Å²) >= 11 is 0. The first kappa shape index (κ1) is 19.9. The number of hydrogen-bond acceptors (Lipinski definition) is 7. The number of aromatic nitrogens is 4. The van der Waals surface area contributed by atoms with E-state index < -0.39 is 5.82 Å². The molecule has 1 aliphatic rings. The number of halogens is 1. The van der Waals surface area contributed by atoms with Crippen molar-refractivity contribution in [1.82, 2.24) is 20.2 Å². The number of aromatic hydroxyl groups is 1. The van der Waals surface area contributed by atoms with E-state index in [2.05, 4.69) is 31.1 Å². The van der Waals surface area contributed by atoms with Gasteiger partial charge in [-0.3, -0.25) is 5.10 Å². The molecule has 0 bridgehead atoms. The number of benzene rings is 1. The fraction of sp³-hybridized carbons (Fsp3) is 0.217. The average Bonchev–Trinajstić information content (AvgIpc) is 3.38. The van der Waals surface area contributed by atoms with E-state index in [1.807, 2.05) is 19.1 Å². The lowest BCUT2D eigenvalue weighted by Crippen LogP contribution is -2.26. The van der Waals surface area contributed by atoms with Crippen molar-refractivity contribution in [3.63, 3.8) is 0 Å². The number of anilines is 1. The van der Waals surface area contributed by atoms with Crippen LogP contribution in [-0.4, -0.2) is 44.4 Å². The van der Waals surface area contributed by atoms with E-state index in [9.17, 15) is 14.8 Å². The second kappa shape index (κ2) is 7.59. The minimum atomic E-state index is -0.676. The van der Waals surface area contributed by atoms with Crippen molar-refractivity contribution in [2.45, 2.75) is 19.4 Å². The number of pyridine rings is 2. The number of phenols is 1. The second-order valence-electron chi connectivity index (χ2n) is 7.93. The molecular formula is C23H20FN7O. The zero-order valence-electron chi connectivity index (χ0n) is 17.3. The molecular weight excluding hydrogens is 409 g/mol. The first-order chi connectivity index (χ1) is 15.5. The number of hydrogen-bond donors (Lipinski definition) is 3. The van der Waals surface area contributed by atoms with Crippen LogP contribution in [0.2, 0.25) is 0 Å². The maximum absolute atomic E-state index is 14.7. The topological polar surface area (TPSA) is 128 Å². The summed E-state index contributed by atoms with van der Waals surface area (Å²) in [5.41, 5.74) is 8.89. The number of aryl methyl sites for hydroxylation is 1. The van der Waals surface area contributed by atoms with E-state index in [4.69, 9.17) is 5.73 Å². The van der Waals surface area contributed by atoms with Gasteiger partial charge >= 0.3 is 0 Å².